The Morgan fingerprint density at radius 1 is 0.833 bits per heavy atom. The summed E-state index contributed by atoms with van der Waals surface area (Å²) in [4.78, 5) is 22.8. The fraction of sp³-hybridized carbons (Fsp3) is 0.800. The molecule has 0 aromatic carbocycles. The van der Waals surface area contributed by atoms with Crippen LogP contribution in [0, 0.1) is 0 Å². The zero-order valence-corrected chi connectivity index (χ0v) is 13.3. The SMILES string of the molecule is CC(OC(=O)C(C)(Cl)Cl)C(C)OC(=O)C(C)(Cl)Cl. The topological polar surface area (TPSA) is 52.6 Å². The van der Waals surface area contributed by atoms with E-state index in [4.69, 9.17) is 55.9 Å². The molecule has 0 aromatic heterocycles. The number of hydrogen-bond acceptors (Lipinski definition) is 4. The van der Waals surface area contributed by atoms with Crippen molar-refractivity contribution in [3.63, 3.8) is 0 Å². The van der Waals surface area contributed by atoms with Gasteiger partial charge in [0.25, 0.3) is 0 Å². The lowest BCUT2D eigenvalue weighted by molar-refractivity contribution is -0.165. The largest absolute Gasteiger partial charge is 0.457 e. The van der Waals surface area contributed by atoms with Crippen LogP contribution in [-0.4, -0.2) is 32.8 Å². The summed E-state index contributed by atoms with van der Waals surface area (Å²) >= 11 is 22.2. The van der Waals surface area contributed by atoms with Crippen LogP contribution >= 0.6 is 46.4 Å². The Labute approximate surface area is 126 Å². The van der Waals surface area contributed by atoms with Crippen LogP contribution in [-0.2, 0) is 19.1 Å². The van der Waals surface area contributed by atoms with Crippen LogP contribution in [0.2, 0.25) is 0 Å². The Balaban J connectivity index is 4.41. The molecule has 0 aliphatic carbocycles. The van der Waals surface area contributed by atoms with Gasteiger partial charge in [0, 0.05) is 0 Å². The van der Waals surface area contributed by atoms with Gasteiger partial charge < -0.3 is 9.47 Å². The zero-order chi connectivity index (χ0) is 14.7. The first-order chi connectivity index (χ1) is 7.85. The quantitative estimate of drug-likeness (QED) is 0.570. The monoisotopic (exact) mass is 338 g/mol. The molecular formula is C10H14Cl4O4. The molecule has 0 radical (unpaired) electrons. The van der Waals surface area contributed by atoms with Crippen molar-refractivity contribution in [2.75, 3.05) is 0 Å². The third-order valence-electron chi connectivity index (χ3n) is 1.96. The second-order valence-electron chi connectivity index (χ2n) is 4.00. The van der Waals surface area contributed by atoms with Crippen LogP contribution in [0.5, 0.6) is 0 Å². The van der Waals surface area contributed by atoms with Gasteiger partial charge >= 0.3 is 11.9 Å². The Bertz CT molecular complexity index is 287. The minimum atomic E-state index is -1.66. The number of alkyl halides is 4. The summed E-state index contributed by atoms with van der Waals surface area (Å²) in [6.07, 6.45) is -1.48. The van der Waals surface area contributed by atoms with Gasteiger partial charge in [-0.1, -0.05) is 46.4 Å². The Morgan fingerprint density at radius 3 is 1.22 bits per heavy atom. The fourth-order valence-electron chi connectivity index (χ4n) is 0.736. The van der Waals surface area contributed by atoms with Gasteiger partial charge in [0.1, 0.15) is 12.2 Å². The van der Waals surface area contributed by atoms with Crippen molar-refractivity contribution in [3.05, 3.63) is 0 Å². The molecule has 0 N–H and O–H groups in total. The van der Waals surface area contributed by atoms with Crippen LogP contribution < -0.4 is 0 Å². The average Bonchev–Trinajstić information content (AvgIpc) is 2.14. The number of hydrogen-bond donors (Lipinski definition) is 0. The lowest BCUT2D eigenvalue weighted by atomic mass is 10.2. The van der Waals surface area contributed by atoms with Crippen LogP contribution in [0.25, 0.3) is 0 Å². The van der Waals surface area contributed by atoms with Crippen molar-refractivity contribution in [1.29, 1.82) is 0 Å². The Hall–Kier alpha value is 0.1000. The molecule has 0 aliphatic heterocycles. The fourth-order valence-corrected chi connectivity index (χ4v) is 0.914. The summed E-state index contributed by atoms with van der Waals surface area (Å²) in [6.45, 7) is 5.59. The Kier molecular flexibility index (Phi) is 6.54. The molecule has 0 heterocycles. The van der Waals surface area contributed by atoms with Crippen molar-refractivity contribution < 1.29 is 19.1 Å². The first-order valence-electron chi connectivity index (χ1n) is 5.03. The summed E-state index contributed by atoms with van der Waals surface area (Å²) in [7, 11) is 0. The number of carbonyl (C=O) groups excluding carboxylic acids is 2. The maximum Gasteiger partial charge on any atom is 0.342 e. The van der Waals surface area contributed by atoms with E-state index in [-0.39, 0.29) is 0 Å². The van der Waals surface area contributed by atoms with E-state index in [1.54, 1.807) is 0 Å². The molecule has 0 fully saturated rings. The van der Waals surface area contributed by atoms with E-state index in [9.17, 15) is 9.59 Å². The third kappa shape index (κ3) is 6.32. The summed E-state index contributed by atoms with van der Waals surface area (Å²) in [5.74, 6) is -1.67. The second-order valence-corrected chi connectivity index (χ2v) is 7.41. The summed E-state index contributed by atoms with van der Waals surface area (Å²) in [6, 6.07) is 0. The van der Waals surface area contributed by atoms with Crippen LogP contribution in [0.4, 0.5) is 0 Å². The van der Waals surface area contributed by atoms with Crippen molar-refractivity contribution in [1.82, 2.24) is 0 Å². The van der Waals surface area contributed by atoms with E-state index in [2.05, 4.69) is 0 Å². The van der Waals surface area contributed by atoms with Gasteiger partial charge in [0.15, 0.2) is 0 Å². The van der Waals surface area contributed by atoms with E-state index in [0.717, 1.165) is 0 Å². The van der Waals surface area contributed by atoms with E-state index < -0.39 is 32.8 Å². The number of carbonyl (C=O) groups is 2. The summed E-state index contributed by atoms with van der Waals surface area (Å²) in [5, 5.41) is 0. The molecule has 0 aliphatic rings. The van der Waals surface area contributed by atoms with Crippen LogP contribution in [0.1, 0.15) is 27.7 Å². The number of esters is 2. The van der Waals surface area contributed by atoms with E-state index in [0.29, 0.717) is 0 Å². The van der Waals surface area contributed by atoms with Crippen LogP contribution in [0.15, 0.2) is 0 Å². The molecule has 0 aromatic rings. The first kappa shape index (κ1) is 18.1. The smallest absolute Gasteiger partial charge is 0.342 e. The van der Waals surface area contributed by atoms with Crippen molar-refractivity contribution >= 4 is 58.3 Å². The van der Waals surface area contributed by atoms with Gasteiger partial charge in [-0.25, -0.2) is 9.59 Å². The maximum atomic E-state index is 11.4. The molecule has 0 saturated carbocycles. The molecule has 8 heteroatoms. The molecule has 0 spiro atoms. The van der Waals surface area contributed by atoms with Crippen molar-refractivity contribution in [2.24, 2.45) is 0 Å². The van der Waals surface area contributed by atoms with E-state index in [1.165, 1.54) is 27.7 Å². The van der Waals surface area contributed by atoms with Crippen molar-refractivity contribution in [3.8, 4) is 0 Å². The van der Waals surface area contributed by atoms with E-state index in [1.807, 2.05) is 0 Å². The summed E-state index contributed by atoms with van der Waals surface area (Å²) < 4.78 is 6.53. The molecule has 0 amide bonds. The highest BCUT2D eigenvalue weighted by Gasteiger charge is 2.35. The zero-order valence-electron chi connectivity index (χ0n) is 10.3. The molecule has 106 valence electrons. The second kappa shape index (κ2) is 6.51. The maximum absolute atomic E-state index is 11.4. The minimum absolute atomic E-state index is 0.742. The Morgan fingerprint density at radius 2 is 1.06 bits per heavy atom. The van der Waals surface area contributed by atoms with Crippen molar-refractivity contribution in [2.45, 2.75) is 48.6 Å². The highest BCUT2D eigenvalue weighted by molar-refractivity contribution is 6.57. The number of rotatable bonds is 5. The molecule has 2 atom stereocenters. The van der Waals surface area contributed by atoms with E-state index >= 15 is 0 Å². The number of halogens is 4. The van der Waals surface area contributed by atoms with Gasteiger partial charge in [0.2, 0.25) is 8.67 Å². The van der Waals surface area contributed by atoms with Crippen LogP contribution in [0.3, 0.4) is 0 Å². The van der Waals surface area contributed by atoms with Gasteiger partial charge in [-0.3, -0.25) is 0 Å². The lowest BCUT2D eigenvalue weighted by Gasteiger charge is -2.24. The normalized spacial score (nSPS) is 15.8. The van der Waals surface area contributed by atoms with Gasteiger partial charge in [-0.05, 0) is 27.7 Å². The van der Waals surface area contributed by atoms with Gasteiger partial charge in [0.05, 0.1) is 0 Å². The lowest BCUT2D eigenvalue weighted by Crippen LogP contribution is -2.38. The first-order valence-corrected chi connectivity index (χ1v) is 6.54. The molecular weight excluding hydrogens is 326 g/mol. The molecule has 0 bridgehead atoms. The molecule has 2 unspecified atom stereocenters. The summed E-state index contributed by atoms with van der Waals surface area (Å²) in [5.41, 5.74) is 0. The predicted octanol–water partition coefficient (Wildman–Crippen LogP) is 3.24. The molecule has 18 heavy (non-hydrogen) atoms. The standard InChI is InChI=1S/C10H14Cl4O4/c1-5(17-7(15)9(3,11)12)6(2)18-8(16)10(4,13)14/h5-6H,1-4H3. The molecule has 4 nitrogen and oxygen atoms in total. The third-order valence-corrected chi connectivity index (χ3v) is 2.58. The van der Waals surface area contributed by atoms with Gasteiger partial charge in [-0.2, -0.15) is 0 Å². The number of ether oxygens (including phenoxy) is 2. The predicted molar refractivity (Wildman–Crippen MR) is 71.3 cm³/mol. The highest BCUT2D eigenvalue weighted by Crippen LogP contribution is 2.25. The minimum Gasteiger partial charge on any atom is -0.457 e. The van der Waals surface area contributed by atoms with Gasteiger partial charge in [-0.15, -0.1) is 0 Å². The average molecular weight is 340 g/mol. The molecule has 0 rings (SSSR count). The molecule has 0 saturated heterocycles. The highest BCUT2D eigenvalue weighted by atomic mass is 35.5.